The van der Waals surface area contributed by atoms with Gasteiger partial charge in [0.2, 0.25) is 0 Å². The third-order valence-electron chi connectivity index (χ3n) is 1.41. The van der Waals surface area contributed by atoms with Crippen molar-refractivity contribution in [3.05, 3.63) is 37.0 Å². The van der Waals surface area contributed by atoms with Crippen LogP contribution in [0, 0.1) is 6.92 Å². The van der Waals surface area contributed by atoms with Crippen LogP contribution < -0.4 is 0 Å². The summed E-state index contributed by atoms with van der Waals surface area (Å²) in [6.07, 6.45) is 0. The van der Waals surface area contributed by atoms with Crippen molar-refractivity contribution in [2.45, 2.75) is 0 Å². The Hall–Kier alpha value is -1.31. The summed E-state index contributed by atoms with van der Waals surface area (Å²) in [6.45, 7) is 5.42. The number of H-pyrrole nitrogens is 1. The predicted molar refractivity (Wildman–Crippen MR) is 39.5 cm³/mol. The molecule has 0 aliphatic heterocycles. The molecule has 0 unspecified atom stereocenters. The normalized spacial score (nSPS) is 10.5. The number of benzene rings is 1. The molecule has 1 heterocycles. The number of nitrogens with one attached hydrogen (secondary N) is 1. The molecule has 0 aliphatic carbocycles. The lowest BCUT2D eigenvalue weighted by Gasteiger charge is -1.81. The molecule has 10 heavy (non-hydrogen) atoms. The van der Waals surface area contributed by atoms with Gasteiger partial charge in [0, 0.05) is 6.92 Å². The fourth-order valence-corrected chi connectivity index (χ4v) is 0.973. The number of rotatable bonds is 0. The van der Waals surface area contributed by atoms with Crippen LogP contribution >= 0.6 is 0 Å². The lowest BCUT2D eigenvalue weighted by Crippen LogP contribution is -1.68. The smallest absolute Gasteiger partial charge is 0.111 e. The van der Waals surface area contributed by atoms with Crippen LogP contribution in [0.1, 0.15) is 5.82 Å². The molecule has 2 rings (SSSR count). The van der Waals surface area contributed by atoms with E-state index in [1.807, 2.05) is 24.3 Å². The quantitative estimate of drug-likeness (QED) is 0.576. The third kappa shape index (κ3) is 0.692. The second-order valence-corrected chi connectivity index (χ2v) is 2.14. The molecule has 0 amide bonds. The Morgan fingerprint density at radius 3 is 2.90 bits per heavy atom. The van der Waals surface area contributed by atoms with Crippen LogP contribution in [0.4, 0.5) is 0 Å². The Kier molecular flexibility index (Phi) is 1.01. The molecule has 2 nitrogen and oxygen atoms in total. The van der Waals surface area contributed by atoms with Gasteiger partial charge in [0.25, 0.3) is 0 Å². The lowest BCUT2D eigenvalue weighted by atomic mass is 10.3. The first kappa shape index (κ1) is 5.47. The van der Waals surface area contributed by atoms with Crippen LogP contribution in [0.3, 0.4) is 0 Å². The molecule has 1 aromatic carbocycles. The topological polar surface area (TPSA) is 28.7 Å². The van der Waals surface area contributed by atoms with Crippen LogP contribution in [-0.2, 0) is 0 Å². The molecule has 2 radical (unpaired) electrons. The largest absolute Gasteiger partial charge is 0.342 e. The Balaban J connectivity index is 2.88. The maximum absolute atomic E-state index is 5.42. The van der Waals surface area contributed by atoms with Gasteiger partial charge in [0.05, 0.1) is 11.0 Å². The van der Waals surface area contributed by atoms with Crippen molar-refractivity contribution in [1.82, 2.24) is 9.97 Å². The highest BCUT2D eigenvalue weighted by molar-refractivity contribution is 5.74. The summed E-state index contributed by atoms with van der Waals surface area (Å²) in [5.74, 6) is 0.473. The van der Waals surface area contributed by atoms with E-state index in [1.165, 1.54) is 0 Å². The number of para-hydroxylation sites is 2. The zero-order valence-electron chi connectivity index (χ0n) is 5.33. The standard InChI is InChI=1S/C8H6N2/c1-6-9-7-4-2-3-5-8(7)10-6/h1-5H,(H,9,10). The second kappa shape index (κ2) is 1.84. The van der Waals surface area contributed by atoms with Gasteiger partial charge in [-0.05, 0) is 12.1 Å². The second-order valence-electron chi connectivity index (χ2n) is 2.14. The lowest BCUT2D eigenvalue weighted by molar-refractivity contribution is 1.25. The molecule has 0 bridgehead atoms. The average molecular weight is 130 g/mol. The first-order chi connectivity index (χ1) is 4.86. The zero-order valence-corrected chi connectivity index (χ0v) is 5.33. The van der Waals surface area contributed by atoms with Crippen molar-refractivity contribution in [3.63, 3.8) is 0 Å². The first-order valence-corrected chi connectivity index (χ1v) is 3.06. The van der Waals surface area contributed by atoms with E-state index >= 15 is 0 Å². The molecule has 0 saturated heterocycles. The molecule has 1 aromatic heterocycles. The van der Waals surface area contributed by atoms with Crippen LogP contribution in [0.25, 0.3) is 11.0 Å². The number of hydrogen-bond donors (Lipinski definition) is 1. The van der Waals surface area contributed by atoms with Gasteiger partial charge in [-0.25, -0.2) is 4.98 Å². The van der Waals surface area contributed by atoms with Crippen molar-refractivity contribution in [2.24, 2.45) is 0 Å². The molecule has 0 aliphatic rings. The summed E-state index contributed by atoms with van der Waals surface area (Å²) < 4.78 is 0. The fraction of sp³-hybridized carbons (Fsp3) is 0. The average Bonchev–Trinajstić information content (AvgIpc) is 2.27. The molecule has 1 N–H and O–H groups in total. The van der Waals surface area contributed by atoms with Crippen molar-refractivity contribution in [1.29, 1.82) is 0 Å². The van der Waals surface area contributed by atoms with Gasteiger partial charge < -0.3 is 4.98 Å². The predicted octanol–water partition coefficient (Wildman–Crippen LogP) is 1.62. The minimum absolute atomic E-state index is 0.473. The van der Waals surface area contributed by atoms with Crippen LogP contribution in [0.2, 0.25) is 0 Å². The van der Waals surface area contributed by atoms with Crippen molar-refractivity contribution < 1.29 is 0 Å². The zero-order chi connectivity index (χ0) is 6.97. The SMILES string of the molecule is [CH]c1nc2ccccc2[nH]1. The van der Waals surface area contributed by atoms with Gasteiger partial charge >= 0.3 is 0 Å². The number of fused-ring (bicyclic) bond motifs is 1. The van der Waals surface area contributed by atoms with E-state index in [0.29, 0.717) is 5.82 Å². The Morgan fingerprint density at radius 1 is 1.30 bits per heavy atom. The van der Waals surface area contributed by atoms with E-state index in [2.05, 4.69) is 9.97 Å². The number of hydrogen-bond acceptors (Lipinski definition) is 1. The van der Waals surface area contributed by atoms with E-state index in [4.69, 9.17) is 6.92 Å². The highest BCUT2D eigenvalue weighted by Gasteiger charge is 1.94. The number of imidazole rings is 1. The number of aromatic nitrogens is 2. The molecule has 2 heteroatoms. The Labute approximate surface area is 58.9 Å². The maximum atomic E-state index is 5.42. The summed E-state index contributed by atoms with van der Waals surface area (Å²) in [5, 5.41) is 0. The summed E-state index contributed by atoms with van der Waals surface area (Å²) in [7, 11) is 0. The maximum Gasteiger partial charge on any atom is 0.111 e. The van der Waals surface area contributed by atoms with E-state index in [0.717, 1.165) is 11.0 Å². The molecular formula is C8H6N2. The van der Waals surface area contributed by atoms with E-state index in [9.17, 15) is 0 Å². The van der Waals surface area contributed by atoms with Crippen molar-refractivity contribution in [2.75, 3.05) is 0 Å². The summed E-state index contributed by atoms with van der Waals surface area (Å²) >= 11 is 0. The van der Waals surface area contributed by atoms with Gasteiger partial charge in [-0.2, -0.15) is 0 Å². The monoisotopic (exact) mass is 130 g/mol. The van der Waals surface area contributed by atoms with Crippen molar-refractivity contribution in [3.8, 4) is 0 Å². The minimum Gasteiger partial charge on any atom is -0.342 e. The highest BCUT2D eigenvalue weighted by atomic mass is 14.9. The van der Waals surface area contributed by atoms with Crippen LogP contribution in [-0.4, -0.2) is 9.97 Å². The first-order valence-electron chi connectivity index (χ1n) is 3.06. The molecule has 2 aromatic rings. The van der Waals surface area contributed by atoms with Gasteiger partial charge in [0.1, 0.15) is 5.82 Å². The fourth-order valence-electron chi connectivity index (χ4n) is 0.973. The molecule has 0 spiro atoms. The molecule has 0 fully saturated rings. The summed E-state index contributed by atoms with van der Waals surface area (Å²) in [6, 6.07) is 7.74. The Bertz CT molecular complexity index is 316. The van der Waals surface area contributed by atoms with Gasteiger partial charge in [0.15, 0.2) is 0 Å². The van der Waals surface area contributed by atoms with Gasteiger partial charge in [-0.15, -0.1) is 0 Å². The summed E-state index contributed by atoms with van der Waals surface area (Å²) in [5.41, 5.74) is 1.90. The minimum atomic E-state index is 0.473. The van der Waals surface area contributed by atoms with E-state index < -0.39 is 0 Å². The van der Waals surface area contributed by atoms with Crippen molar-refractivity contribution >= 4 is 11.0 Å². The third-order valence-corrected chi connectivity index (χ3v) is 1.41. The highest BCUT2D eigenvalue weighted by Crippen LogP contribution is 2.08. The van der Waals surface area contributed by atoms with Gasteiger partial charge in [-0.1, -0.05) is 12.1 Å². The number of aromatic amines is 1. The molecule has 0 saturated carbocycles. The van der Waals surface area contributed by atoms with E-state index in [1.54, 1.807) is 0 Å². The molecular weight excluding hydrogens is 124 g/mol. The summed E-state index contributed by atoms with van der Waals surface area (Å²) in [4.78, 5) is 6.96. The van der Waals surface area contributed by atoms with Crippen LogP contribution in [0.5, 0.6) is 0 Å². The number of nitrogens with zero attached hydrogens (tertiary/aromatic N) is 1. The van der Waals surface area contributed by atoms with Gasteiger partial charge in [-0.3, -0.25) is 0 Å². The van der Waals surface area contributed by atoms with E-state index in [-0.39, 0.29) is 0 Å². The Morgan fingerprint density at radius 2 is 2.10 bits per heavy atom. The molecule has 48 valence electrons. The van der Waals surface area contributed by atoms with Crippen LogP contribution in [0.15, 0.2) is 24.3 Å². The molecule has 0 atom stereocenters.